The molecule has 0 saturated heterocycles. The molecule has 74 valence electrons. The molecular formula is C6H16N2O4. The summed E-state index contributed by atoms with van der Waals surface area (Å²) in [4.78, 5) is 9.60. The van der Waals surface area contributed by atoms with Crippen LogP contribution in [0.2, 0.25) is 0 Å². The van der Waals surface area contributed by atoms with E-state index >= 15 is 0 Å². The lowest BCUT2D eigenvalue weighted by atomic mass is 10.4. The van der Waals surface area contributed by atoms with Gasteiger partial charge in [-0.25, -0.2) is 5.84 Å². The Labute approximate surface area is 71.4 Å². The molecule has 6 nitrogen and oxygen atoms in total. The van der Waals surface area contributed by atoms with Gasteiger partial charge in [-0.3, -0.25) is 9.68 Å². The average molecular weight is 180 g/mol. The molecular weight excluding hydrogens is 164 g/mol. The molecule has 0 aromatic rings. The summed E-state index contributed by atoms with van der Waals surface area (Å²) in [5.41, 5.74) is 0. The highest BCUT2D eigenvalue weighted by Gasteiger charge is 2.09. The molecule has 6 heteroatoms. The molecule has 0 aromatic heterocycles. The lowest BCUT2D eigenvalue weighted by Gasteiger charge is -2.21. The lowest BCUT2D eigenvalue weighted by molar-refractivity contribution is -0.405. The van der Waals surface area contributed by atoms with Gasteiger partial charge in [0.15, 0.2) is 0 Å². The second-order valence-corrected chi connectivity index (χ2v) is 2.48. The zero-order valence-electron chi connectivity index (χ0n) is 7.30. The molecule has 4 N–H and O–H groups in total. The summed E-state index contributed by atoms with van der Waals surface area (Å²) in [5, 5.41) is 17.8. The van der Waals surface area contributed by atoms with E-state index in [9.17, 15) is 0 Å². The number of hydrogen-bond donors (Lipinski definition) is 3. The van der Waals surface area contributed by atoms with Crippen LogP contribution < -0.4 is 5.84 Å². The quantitative estimate of drug-likeness (QED) is 0.351. The first kappa shape index (κ1) is 11.8. The van der Waals surface area contributed by atoms with Crippen molar-refractivity contribution in [2.45, 2.75) is 26.1 Å². The Morgan fingerprint density at radius 2 is 1.50 bits per heavy atom. The zero-order chi connectivity index (χ0) is 9.56. The fourth-order valence-electron chi connectivity index (χ4n) is 0.446. The van der Waals surface area contributed by atoms with Crippen molar-refractivity contribution < 1.29 is 19.9 Å². The van der Waals surface area contributed by atoms with Gasteiger partial charge in [-0.2, -0.15) is 0 Å². The summed E-state index contributed by atoms with van der Waals surface area (Å²) in [5.74, 6) is 5.19. The molecule has 0 rings (SSSR count). The molecule has 0 amide bonds. The molecule has 0 bridgehead atoms. The van der Waals surface area contributed by atoms with Gasteiger partial charge in [0.2, 0.25) is 0 Å². The SMILES string of the molecule is CC(CO)ON(N)OC(C)CO. The predicted octanol–water partition coefficient (Wildman–Crippen LogP) is -1.21. The molecule has 0 spiro atoms. The Balaban J connectivity index is 3.51. The van der Waals surface area contributed by atoms with Crippen molar-refractivity contribution in [1.82, 2.24) is 5.34 Å². The van der Waals surface area contributed by atoms with E-state index in [-0.39, 0.29) is 13.2 Å². The van der Waals surface area contributed by atoms with E-state index in [2.05, 4.69) is 0 Å². The Morgan fingerprint density at radius 1 is 1.17 bits per heavy atom. The van der Waals surface area contributed by atoms with Crippen molar-refractivity contribution in [2.75, 3.05) is 13.2 Å². The second kappa shape index (κ2) is 6.30. The van der Waals surface area contributed by atoms with Crippen LogP contribution in [0.4, 0.5) is 0 Å². The van der Waals surface area contributed by atoms with Gasteiger partial charge in [-0.15, -0.1) is 0 Å². The van der Waals surface area contributed by atoms with E-state index in [0.717, 1.165) is 0 Å². The fourth-order valence-corrected chi connectivity index (χ4v) is 0.446. The largest absolute Gasteiger partial charge is 0.394 e. The van der Waals surface area contributed by atoms with E-state index in [1.807, 2.05) is 0 Å². The molecule has 0 aliphatic rings. The van der Waals surface area contributed by atoms with Crippen molar-refractivity contribution in [2.24, 2.45) is 5.84 Å². The van der Waals surface area contributed by atoms with Crippen molar-refractivity contribution in [3.05, 3.63) is 0 Å². The third-order valence-corrected chi connectivity index (χ3v) is 1.08. The van der Waals surface area contributed by atoms with Crippen LogP contribution >= 0.6 is 0 Å². The zero-order valence-corrected chi connectivity index (χ0v) is 7.30. The van der Waals surface area contributed by atoms with Crippen LogP contribution in [0, 0.1) is 0 Å². The van der Waals surface area contributed by atoms with E-state index < -0.39 is 12.2 Å². The molecule has 0 aliphatic heterocycles. The van der Waals surface area contributed by atoms with Gasteiger partial charge in [0.05, 0.1) is 13.2 Å². The van der Waals surface area contributed by atoms with Gasteiger partial charge in [-0.05, 0) is 13.8 Å². The van der Waals surface area contributed by atoms with E-state index in [1.54, 1.807) is 13.8 Å². The first-order valence-electron chi connectivity index (χ1n) is 3.70. The maximum Gasteiger partial charge on any atom is 0.104 e. The normalized spacial score (nSPS) is 16.5. The Hall–Kier alpha value is -0.240. The third kappa shape index (κ3) is 5.42. The second-order valence-electron chi connectivity index (χ2n) is 2.48. The number of hydrogen-bond acceptors (Lipinski definition) is 6. The van der Waals surface area contributed by atoms with Gasteiger partial charge in [0.1, 0.15) is 12.2 Å². The smallest absolute Gasteiger partial charge is 0.104 e. The standard InChI is InChI=1S/C6H16N2O4/c1-5(3-9)11-8(7)12-6(2)4-10/h5-6,9-10H,3-4,7H2,1-2H3. The van der Waals surface area contributed by atoms with Crippen LogP contribution in [-0.4, -0.2) is 41.0 Å². The van der Waals surface area contributed by atoms with E-state index in [0.29, 0.717) is 5.34 Å². The number of aliphatic hydroxyl groups is 2. The topological polar surface area (TPSA) is 88.2 Å². The monoisotopic (exact) mass is 180 g/mol. The number of nitrogens with two attached hydrogens (primary N) is 1. The van der Waals surface area contributed by atoms with Crippen LogP contribution in [0.3, 0.4) is 0 Å². The summed E-state index contributed by atoms with van der Waals surface area (Å²) in [6, 6.07) is 0. The highest BCUT2D eigenvalue weighted by Crippen LogP contribution is 1.96. The van der Waals surface area contributed by atoms with Crippen LogP contribution in [0.15, 0.2) is 0 Å². The summed E-state index contributed by atoms with van der Waals surface area (Å²) in [6.07, 6.45) is -0.859. The average Bonchev–Trinajstić information content (AvgIpc) is 2.03. The molecule has 12 heavy (non-hydrogen) atoms. The van der Waals surface area contributed by atoms with Crippen LogP contribution in [-0.2, 0) is 9.68 Å². The summed E-state index contributed by atoms with van der Waals surface area (Å²) in [6.45, 7) is 2.97. The van der Waals surface area contributed by atoms with Crippen LogP contribution in [0.25, 0.3) is 0 Å². The van der Waals surface area contributed by atoms with Crippen LogP contribution in [0.1, 0.15) is 13.8 Å². The highest BCUT2D eigenvalue weighted by atomic mass is 17.0. The van der Waals surface area contributed by atoms with Gasteiger partial charge in [0, 0.05) is 5.34 Å². The molecule has 0 radical (unpaired) electrons. The predicted molar refractivity (Wildman–Crippen MR) is 41.3 cm³/mol. The Kier molecular flexibility index (Phi) is 6.17. The maximum absolute atomic E-state index is 8.56. The molecule has 0 aromatic carbocycles. The summed E-state index contributed by atoms with van der Waals surface area (Å²) in [7, 11) is 0. The number of rotatable bonds is 6. The van der Waals surface area contributed by atoms with Crippen molar-refractivity contribution >= 4 is 0 Å². The molecule has 0 saturated carbocycles. The van der Waals surface area contributed by atoms with Crippen molar-refractivity contribution in [1.29, 1.82) is 0 Å². The van der Waals surface area contributed by atoms with E-state index in [1.165, 1.54) is 0 Å². The number of nitrogens with zero attached hydrogens (tertiary/aromatic N) is 1. The number of aliphatic hydroxyl groups excluding tert-OH is 2. The Bertz CT molecular complexity index is 102. The molecule has 2 atom stereocenters. The first-order valence-corrected chi connectivity index (χ1v) is 3.70. The molecule has 0 aliphatic carbocycles. The summed E-state index contributed by atoms with van der Waals surface area (Å²) < 4.78 is 0. The maximum atomic E-state index is 8.56. The lowest BCUT2D eigenvalue weighted by Crippen LogP contribution is -2.39. The number of hydrazine groups is 1. The first-order chi connectivity index (χ1) is 5.60. The minimum absolute atomic E-state index is 0.148. The molecule has 2 unspecified atom stereocenters. The Morgan fingerprint density at radius 3 is 1.75 bits per heavy atom. The van der Waals surface area contributed by atoms with E-state index in [4.69, 9.17) is 25.7 Å². The third-order valence-electron chi connectivity index (χ3n) is 1.08. The fraction of sp³-hybridized carbons (Fsp3) is 1.00. The van der Waals surface area contributed by atoms with Gasteiger partial charge >= 0.3 is 0 Å². The minimum Gasteiger partial charge on any atom is -0.394 e. The minimum atomic E-state index is -0.430. The van der Waals surface area contributed by atoms with Crippen molar-refractivity contribution in [3.63, 3.8) is 0 Å². The molecule has 0 heterocycles. The summed E-state index contributed by atoms with van der Waals surface area (Å²) >= 11 is 0. The van der Waals surface area contributed by atoms with Crippen LogP contribution in [0.5, 0.6) is 0 Å². The van der Waals surface area contributed by atoms with Gasteiger partial charge < -0.3 is 10.2 Å². The van der Waals surface area contributed by atoms with Crippen molar-refractivity contribution in [3.8, 4) is 0 Å². The van der Waals surface area contributed by atoms with Gasteiger partial charge in [-0.1, -0.05) is 0 Å². The van der Waals surface area contributed by atoms with Gasteiger partial charge in [0.25, 0.3) is 0 Å². The molecule has 0 fully saturated rings. The highest BCUT2D eigenvalue weighted by molar-refractivity contribution is 4.41.